The number of hydrogen-bond donors (Lipinski definition) is 2. The second kappa shape index (κ2) is 8.83. The fraction of sp³-hybridized carbons (Fsp3) is 0.300. The molecule has 1 unspecified atom stereocenters. The van der Waals surface area contributed by atoms with Gasteiger partial charge in [-0.2, -0.15) is 26.3 Å². The summed E-state index contributed by atoms with van der Waals surface area (Å²) in [6, 6.07) is 2.81. The zero-order chi connectivity index (χ0) is 25.5. The maximum Gasteiger partial charge on any atom is 0.490 e. The third kappa shape index (κ3) is 4.68. The molecule has 0 aliphatic rings. The van der Waals surface area contributed by atoms with E-state index in [1.54, 1.807) is 6.92 Å². The van der Waals surface area contributed by atoms with Crippen LogP contribution in [0, 0.1) is 13.8 Å². The van der Waals surface area contributed by atoms with Crippen LogP contribution in [0.3, 0.4) is 0 Å². The number of alkyl halides is 6. The van der Waals surface area contributed by atoms with E-state index in [1.165, 1.54) is 30.7 Å². The number of thiazole rings is 1. The van der Waals surface area contributed by atoms with Crippen LogP contribution in [0.2, 0.25) is 0 Å². The molecule has 7 nitrogen and oxygen atoms in total. The van der Waals surface area contributed by atoms with E-state index in [1.807, 2.05) is 0 Å². The number of aliphatic hydroxyl groups excluding tert-OH is 1. The van der Waals surface area contributed by atoms with E-state index in [4.69, 9.17) is 5.73 Å². The Morgan fingerprint density at radius 1 is 1.12 bits per heavy atom. The Hall–Kier alpha value is -3.26. The van der Waals surface area contributed by atoms with Gasteiger partial charge in [0.25, 0.3) is 5.60 Å². The molecule has 0 spiro atoms. The van der Waals surface area contributed by atoms with Crippen LogP contribution in [0.15, 0.2) is 30.6 Å². The van der Waals surface area contributed by atoms with Gasteiger partial charge < -0.3 is 15.6 Å². The van der Waals surface area contributed by atoms with Gasteiger partial charge in [0.05, 0.1) is 28.4 Å². The number of esters is 1. The molecule has 1 atom stereocenters. The van der Waals surface area contributed by atoms with Crippen molar-refractivity contribution in [3.05, 3.63) is 46.7 Å². The lowest BCUT2D eigenvalue weighted by molar-refractivity contribution is -0.299. The molecule has 0 aliphatic heterocycles. The molecule has 14 heteroatoms. The fourth-order valence-corrected chi connectivity index (χ4v) is 3.82. The van der Waals surface area contributed by atoms with Crippen LogP contribution in [0.25, 0.3) is 21.8 Å². The molecule has 34 heavy (non-hydrogen) atoms. The van der Waals surface area contributed by atoms with Crippen molar-refractivity contribution in [1.29, 1.82) is 0 Å². The van der Waals surface area contributed by atoms with Crippen LogP contribution in [0.5, 0.6) is 0 Å². The molecule has 1 aromatic carbocycles. The minimum atomic E-state index is -5.72. The molecule has 3 N–H and O–H groups in total. The number of nitrogen functional groups attached to an aromatic ring is 1. The minimum absolute atomic E-state index is 0.0281. The molecule has 0 saturated carbocycles. The Morgan fingerprint density at radius 3 is 2.32 bits per heavy atom. The van der Waals surface area contributed by atoms with E-state index in [-0.39, 0.29) is 22.8 Å². The predicted octanol–water partition coefficient (Wildman–Crippen LogP) is 4.32. The minimum Gasteiger partial charge on any atom is -0.435 e. The van der Waals surface area contributed by atoms with Gasteiger partial charge in [0.15, 0.2) is 5.82 Å². The van der Waals surface area contributed by atoms with Crippen LogP contribution < -0.4 is 5.73 Å². The number of carbonyl (C=O) groups excluding carboxylic acids is 1. The first-order valence-electron chi connectivity index (χ1n) is 9.34. The number of anilines is 1. The lowest BCUT2D eigenvalue weighted by atomic mass is 9.90. The normalized spacial score (nSPS) is 14.0. The zero-order valence-electron chi connectivity index (χ0n) is 17.5. The average molecular weight is 506 g/mol. The van der Waals surface area contributed by atoms with Crippen LogP contribution in [0.1, 0.15) is 16.1 Å². The highest BCUT2D eigenvalue weighted by Crippen LogP contribution is 2.44. The largest absolute Gasteiger partial charge is 0.490 e. The number of carbonyl (C=O) groups is 1. The molecule has 0 bridgehead atoms. The zero-order valence-corrected chi connectivity index (χ0v) is 18.3. The molecule has 2 aromatic heterocycles. The van der Waals surface area contributed by atoms with Gasteiger partial charge in [0.1, 0.15) is 5.69 Å². The summed E-state index contributed by atoms with van der Waals surface area (Å²) in [5.41, 5.74) is 1.65. The molecule has 2 heterocycles. The van der Waals surface area contributed by atoms with Crippen LogP contribution in [-0.4, -0.2) is 45.0 Å². The van der Waals surface area contributed by atoms with E-state index in [2.05, 4.69) is 19.7 Å². The number of aryl methyl sites for hydroxylation is 2. The molecular formula is C20H16F6N4O3S. The van der Waals surface area contributed by atoms with Crippen molar-refractivity contribution >= 4 is 23.1 Å². The van der Waals surface area contributed by atoms with Crippen LogP contribution >= 0.6 is 11.3 Å². The Bertz CT molecular complexity index is 1230. The maximum atomic E-state index is 13.9. The van der Waals surface area contributed by atoms with E-state index >= 15 is 0 Å². The topological polar surface area (TPSA) is 111 Å². The van der Waals surface area contributed by atoms with Gasteiger partial charge >= 0.3 is 18.3 Å². The van der Waals surface area contributed by atoms with Crippen molar-refractivity contribution in [3.63, 3.8) is 0 Å². The third-order valence-electron chi connectivity index (χ3n) is 4.81. The molecule has 0 radical (unpaired) electrons. The van der Waals surface area contributed by atoms with Gasteiger partial charge in [-0.1, -0.05) is 12.1 Å². The van der Waals surface area contributed by atoms with E-state index in [9.17, 15) is 36.2 Å². The van der Waals surface area contributed by atoms with Crippen molar-refractivity contribution in [3.8, 4) is 21.8 Å². The summed E-state index contributed by atoms with van der Waals surface area (Å²) in [6.07, 6.45) is -8.64. The molecule has 0 aliphatic carbocycles. The summed E-state index contributed by atoms with van der Waals surface area (Å²) in [4.78, 5) is 24.3. The highest BCUT2D eigenvalue weighted by atomic mass is 32.1. The number of aliphatic hydroxyl groups is 1. The summed E-state index contributed by atoms with van der Waals surface area (Å²) >= 11 is 1.25. The molecule has 0 amide bonds. The quantitative estimate of drug-likeness (QED) is 0.392. The smallest absolute Gasteiger partial charge is 0.435 e. The van der Waals surface area contributed by atoms with E-state index < -0.39 is 36.1 Å². The van der Waals surface area contributed by atoms with Gasteiger partial charge in [-0.05, 0) is 25.5 Å². The molecule has 0 saturated heterocycles. The van der Waals surface area contributed by atoms with Gasteiger partial charge in [-0.25, -0.2) is 19.7 Å². The van der Waals surface area contributed by atoms with Crippen molar-refractivity contribution in [2.75, 3.05) is 12.3 Å². The first-order chi connectivity index (χ1) is 15.7. The Balaban J connectivity index is 2.18. The monoisotopic (exact) mass is 506 g/mol. The van der Waals surface area contributed by atoms with Gasteiger partial charge in [-0.3, -0.25) is 0 Å². The van der Waals surface area contributed by atoms with Gasteiger partial charge in [0.2, 0.25) is 0 Å². The number of benzene rings is 1. The summed E-state index contributed by atoms with van der Waals surface area (Å²) in [6.45, 7) is 1.27. The van der Waals surface area contributed by atoms with Gasteiger partial charge in [0, 0.05) is 17.3 Å². The van der Waals surface area contributed by atoms with Crippen molar-refractivity contribution in [1.82, 2.24) is 15.0 Å². The summed E-state index contributed by atoms with van der Waals surface area (Å²) in [7, 11) is 0. The third-order valence-corrected chi connectivity index (χ3v) is 5.73. The lowest BCUT2D eigenvalue weighted by Crippen LogP contribution is -2.51. The van der Waals surface area contributed by atoms with Crippen LogP contribution in [-0.2, 0) is 15.1 Å². The SMILES string of the molecule is Cc1ncc(-c2nc(-c3cc(C(CO)(OC(=O)C(F)(F)F)C(F)(F)F)ccc3C)cnc2N)s1. The number of ether oxygens (including phenoxy) is 1. The molecule has 3 rings (SSSR count). The highest BCUT2D eigenvalue weighted by Gasteiger charge is 2.62. The Labute approximate surface area is 192 Å². The fourth-order valence-electron chi connectivity index (χ4n) is 3.04. The summed E-state index contributed by atoms with van der Waals surface area (Å²) in [5, 5.41) is 10.2. The van der Waals surface area contributed by atoms with Crippen molar-refractivity contribution in [2.45, 2.75) is 31.8 Å². The number of nitrogens with zero attached hydrogens (tertiary/aromatic N) is 3. The van der Waals surface area contributed by atoms with Gasteiger partial charge in [-0.15, -0.1) is 11.3 Å². The van der Waals surface area contributed by atoms with Crippen LogP contribution in [0.4, 0.5) is 32.2 Å². The second-order valence-electron chi connectivity index (χ2n) is 7.13. The predicted molar refractivity (Wildman–Crippen MR) is 109 cm³/mol. The first kappa shape index (κ1) is 25.4. The Morgan fingerprint density at radius 2 is 1.79 bits per heavy atom. The second-order valence-corrected chi connectivity index (χ2v) is 8.37. The lowest BCUT2D eigenvalue weighted by Gasteiger charge is -2.34. The number of nitrogens with two attached hydrogens (primary N) is 1. The maximum absolute atomic E-state index is 13.9. The average Bonchev–Trinajstić information content (AvgIpc) is 3.17. The van der Waals surface area contributed by atoms with E-state index in [0.29, 0.717) is 15.4 Å². The molecule has 182 valence electrons. The molecular weight excluding hydrogens is 490 g/mol. The van der Waals surface area contributed by atoms with Crippen molar-refractivity contribution in [2.24, 2.45) is 0 Å². The van der Waals surface area contributed by atoms with Crippen molar-refractivity contribution < 1.29 is 41.0 Å². The Kier molecular flexibility index (Phi) is 6.59. The summed E-state index contributed by atoms with van der Waals surface area (Å²) in [5.74, 6) is -3.07. The molecule has 3 aromatic rings. The number of aromatic nitrogens is 3. The standard InChI is InChI=1S/C20H16F6N4O3S/c1-9-3-4-11(18(8-31,20(24,25)26)33-17(32)19(21,22)23)5-12(9)13-6-29-16(27)15(30-13)14-7-28-10(2)34-14/h3-7,31H,8H2,1-2H3,(H2,27,29). The van der Waals surface area contributed by atoms with E-state index in [0.717, 1.165) is 18.2 Å². The number of halogens is 6. The highest BCUT2D eigenvalue weighted by molar-refractivity contribution is 7.15. The first-order valence-corrected chi connectivity index (χ1v) is 10.2. The number of rotatable bonds is 5. The molecule has 0 fully saturated rings. The summed E-state index contributed by atoms with van der Waals surface area (Å²) < 4.78 is 83.8. The number of hydrogen-bond acceptors (Lipinski definition) is 8.